The number of benzene rings is 2. The van der Waals surface area contributed by atoms with E-state index in [9.17, 15) is 9.18 Å². The van der Waals surface area contributed by atoms with E-state index in [1.807, 2.05) is 0 Å². The van der Waals surface area contributed by atoms with Gasteiger partial charge in [-0.15, -0.1) is 0 Å². The molecule has 0 aliphatic carbocycles. The van der Waals surface area contributed by atoms with Crippen molar-refractivity contribution in [1.29, 1.82) is 0 Å². The van der Waals surface area contributed by atoms with Gasteiger partial charge < -0.3 is 5.11 Å². The van der Waals surface area contributed by atoms with Gasteiger partial charge >= 0.3 is 5.97 Å². The molecule has 0 aliphatic rings. The number of hydrogen-bond donors (Lipinski definition) is 1. The van der Waals surface area contributed by atoms with E-state index in [1.165, 1.54) is 24.3 Å². The van der Waals surface area contributed by atoms with Crippen LogP contribution in [0.4, 0.5) is 4.39 Å². The lowest BCUT2D eigenvalue weighted by Crippen LogP contribution is -1.97. The molecule has 0 aromatic heterocycles. The molecule has 92 valence electrons. The molecule has 0 atom stereocenters. The van der Waals surface area contributed by atoms with Gasteiger partial charge in [0.25, 0.3) is 0 Å². The van der Waals surface area contributed by atoms with Crippen LogP contribution in [-0.4, -0.2) is 11.1 Å². The molecule has 2 nitrogen and oxygen atoms in total. The van der Waals surface area contributed by atoms with Crippen molar-refractivity contribution in [2.45, 2.75) is 6.92 Å². The monoisotopic (exact) mass is 264 g/mol. The number of hydrogen-bond acceptors (Lipinski definition) is 1. The first kappa shape index (κ1) is 12.6. The Hall–Kier alpha value is -1.87. The quantitative estimate of drug-likeness (QED) is 0.885. The highest BCUT2D eigenvalue weighted by molar-refractivity contribution is 6.31. The van der Waals surface area contributed by atoms with Crippen LogP contribution in [0, 0.1) is 12.7 Å². The summed E-state index contributed by atoms with van der Waals surface area (Å²) in [4.78, 5) is 11.0. The molecule has 0 aliphatic heterocycles. The fraction of sp³-hybridized carbons (Fsp3) is 0.0714. The van der Waals surface area contributed by atoms with Crippen LogP contribution in [-0.2, 0) is 0 Å². The lowest BCUT2D eigenvalue weighted by molar-refractivity contribution is 0.0697. The maximum Gasteiger partial charge on any atom is 0.335 e. The third kappa shape index (κ3) is 2.51. The summed E-state index contributed by atoms with van der Waals surface area (Å²) in [5.41, 5.74) is 2.27. The van der Waals surface area contributed by atoms with Crippen LogP contribution in [0.1, 0.15) is 15.9 Å². The molecule has 0 radical (unpaired) electrons. The topological polar surface area (TPSA) is 37.3 Å². The van der Waals surface area contributed by atoms with Crippen molar-refractivity contribution in [2.24, 2.45) is 0 Å². The van der Waals surface area contributed by atoms with E-state index in [1.54, 1.807) is 19.1 Å². The van der Waals surface area contributed by atoms with E-state index in [-0.39, 0.29) is 11.4 Å². The molecule has 2 aromatic carbocycles. The summed E-state index contributed by atoms with van der Waals surface area (Å²) in [6.45, 7) is 1.76. The Bertz CT molecular complexity index is 623. The van der Waals surface area contributed by atoms with Gasteiger partial charge in [0.15, 0.2) is 0 Å². The molecule has 0 amide bonds. The van der Waals surface area contributed by atoms with Gasteiger partial charge in [-0.3, -0.25) is 0 Å². The van der Waals surface area contributed by atoms with E-state index >= 15 is 0 Å². The molecule has 0 unspecified atom stereocenters. The van der Waals surface area contributed by atoms with Gasteiger partial charge in [-0.05, 0) is 53.9 Å². The van der Waals surface area contributed by atoms with Crippen molar-refractivity contribution < 1.29 is 14.3 Å². The highest BCUT2D eigenvalue weighted by Crippen LogP contribution is 2.28. The number of rotatable bonds is 2. The predicted molar refractivity (Wildman–Crippen MR) is 68.5 cm³/mol. The number of halogens is 2. The first-order valence-electron chi connectivity index (χ1n) is 5.28. The zero-order chi connectivity index (χ0) is 13.3. The molecule has 0 heterocycles. The SMILES string of the molecule is Cc1cc(F)ccc1-c1cc(Cl)cc(C(=O)O)c1. The van der Waals surface area contributed by atoms with E-state index in [0.29, 0.717) is 10.6 Å². The first-order chi connectivity index (χ1) is 8.47. The van der Waals surface area contributed by atoms with E-state index in [0.717, 1.165) is 11.1 Å². The van der Waals surface area contributed by atoms with Crippen molar-refractivity contribution in [3.63, 3.8) is 0 Å². The van der Waals surface area contributed by atoms with Gasteiger partial charge in [0.1, 0.15) is 5.82 Å². The summed E-state index contributed by atoms with van der Waals surface area (Å²) in [7, 11) is 0. The zero-order valence-corrected chi connectivity index (χ0v) is 10.3. The standard InChI is InChI=1S/C14H10ClFO2/c1-8-4-12(16)2-3-13(8)9-5-10(14(17)18)7-11(15)6-9/h2-7H,1H3,(H,17,18). The van der Waals surface area contributed by atoms with Gasteiger partial charge in [0.2, 0.25) is 0 Å². The fourth-order valence-corrected chi connectivity index (χ4v) is 2.05. The number of aryl methyl sites for hydroxylation is 1. The lowest BCUT2D eigenvalue weighted by atomic mass is 9.99. The average molecular weight is 265 g/mol. The fourth-order valence-electron chi connectivity index (χ4n) is 1.82. The zero-order valence-electron chi connectivity index (χ0n) is 9.58. The molecule has 0 saturated carbocycles. The normalized spacial score (nSPS) is 10.4. The molecule has 4 heteroatoms. The van der Waals surface area contributed by atoms with Crippen LogP contribution in [0.15, 0.2) is 36.4 Å². The van der Waals surface area contributed by atoms with Gasteiger partial charge in [0, 0.05) is 5.02 Å². The summed E-state index contributed by atoms with van der Waals surface area (Å²) in [6.07, 6.45) is 0. The summed E-state index contributed by atoms with van der Waals surface area (Å²) in [5, 5.41) is 9.32. The Morgan fingerprint density at radius 3 is 2.56 bits per heavy atom. The van der Waals surface area contributed by atoms with Gasteiger partial charge in [-0.25, -0.2) is 9.18 Å². The number of carbonyl (C=O) groups is 1. The van der Waals surface area contributed by atoms with Crippen molar-refractivity contribution in [2.75, 3.05) is 0 Å². The molecule has 0 bridgehead atoms. The van der Waals surface area contributed by atoms with Crippen LogP contribution in [0.5, 0.6) is 0 Å². The van der Waals surface area contributed by atoms with Crippen LogP contribution in [0.3, 0.4) is 0 Å². The molecule has 0 fully saturated rings. The summed E-state index contributed by atoms with van der Waals surface area (Å²) in [6, 6.07) is 8.91. The maximum absolute atomic E-state index is 13.0. The maximum atomic E-state index is 13.0. The number of aromatic carboxylic acids is 1. The van der Waals surface area contributed by atoms with Crippen LogP contribution in [0.25, 0.3) is 11.1 Å². The minimum absolute atomic E-state index is 0.112. The minimum Gasteiger partial charge on any atom is -0.478 e. The Labute approximate surface area is 109 Å². The van der Waals surface area contributed by atoms with E-state index < -0.39 is 5.97 Å². The van der Waals surface area contributed by atoms with E-state index in [2.05, 4.69) is 0 Å². The minimum atomic E-state index is -1.04. The second-order valence-electron chi connectivity index (χ2n) is 3.99. The largest absolute Gasteiger partial charge is 0.478 e. The first-order valence-corrected chi connectivity index (χ1v) is 5.65. The van der Waals surface area contributed by atoms with Crippen molar-refractivity contribution >= 4 is 17.6 Å². The second-order valence-corrected chi connectivity index (χ2v) is 4.43. The summed E-state index contributed by atoms with van der Waals surface area (Å²) in [5.74, 6) is -1.37. The predicted octanol–water partition coefficient (Wildman–Crippen LogP) is 4.15. The molecule has 2 rings (SSSR count). The van der Waals surface area contributed by atoms with Gasteiger partial charge in [0.05, 0.1) is 5.56 Å². The van der Waals surface area contributed by atoms with Crippen LogP contribution < -0.4 is 0 Å². The molecule has 1 N–H and O–H groups in total. The molecule has 18 heavy (non-hydrogen) atoms. The van der Waals surface area contributed by atoms with Gasteiger partial charge in [-0.2, -0.15) is 0 Å². The average Bonchev–Trinajstić information content (AvgIpc) is 2.27. The Kier molecular flexibility index (Phi) is 3.34. The van der Waals surface area contributed by atoms with Crippen molar-refractivity contribution in [1.82, 2.24) is 0 Å². The molecule has 2 aromatic rings. The molecular formula is C14H10ClFO2. The third-order valence-electron chi connectivity index (χ3n) is 2.64. The Morgan fingerprint density at radius 1 is 1.22 bits per heavy atom. The summed E-state index contributed by atoms with van der Waals surface area (Å²) < 4.78 is 13.0. The van der Waals surface area contributed by atoms with Gasteiger partial charge in [-0.1, -0.05) is 17.7 Å². The van der Waals surface area contributed by atoms with Crippen LogP contribution >= 0.6 is 11.6 Å². The molecule has 0 saturated heterocycles. The summed E-state index contributed by atoms with van der Waals surface area (Å²) >= 11 is 5.89. The molecule has 0 spiro atoms. The molecular weight excluding hydrogens is 255 g/mol. The Balaban J connectivity index is 2.60. The van der Waals surface area contributed by atoms with Crippen molar-refractivity contribution in [3.8, 4) is 11.1 Å². The smallest absolute Gasteiger partial charge is 0.335 e. The highest BCUT2D eigenvalue weighted by Gasteiger charge is 2.09. The van der Waals surface area contributed by atoms with E-state index in [4.69, 9.17) is 16.7 Å². The van der Waals surface area contributed by atoms with Crippen LogP contribution in [0.2, 0.25) is 5.02 Å². The van der Waals surface area contributed by atoms with Crippen molar-refractivity contribution in [3.05, 3.63) is 58.4 Å². The lowest BCUT2D eigenvalue weighted by Gasteiger charge is -2.08. The Morgan fingerprint density at radius 2 is 1.94 bits per heavy atom. The second kappa shape index (κ2) is 4.78. The number of carboxylic acid groups (broad SMARTS) is 1. The highest BCUT2D eigenvalue weighted by atomic mass is 35.5. The third-order valence-corrected chi connectivity index (χ3v) is 2.86. The number of carboxylic acids is 1.